The first-order valence-corrected chi connectivity index (χ1v) is 11.6. The van der Waals surface area contributed by atoms with Crippen molar-refractivity contribution in [1.29, 1.82) is 0 Å². The maximum atomic E-state index is 12.6. The van der Waals surface area contributed by atoms with Crippen molar-refractivity contribution in [1.82, 2.24) is 9.62 Å². The molecule has 2 amide bonds. The van der Waals surface area contributed by atoms with Crippen molar-refractivity contribution < 1.29 is 18.0 Å². The van der Waals surface area contributed by atoms with Gasteiger partial charge in [0, 0.05) is 31.2 Å². The Balaban J connectivity index is 1.56. The van der Waals surface area contributed by atoms with E-state index < -0.39 is 10.0 Å². The number of carbonyl (C=O) groups excluding carboxylic acids is 2. The van der Waals surface area contributed by atoms with Gasteiger partial charge in [-0.25, -0.2) is 13.1 Å². The molecular formula is C20H29N3O4S. The third-order valence-corrected chi connectivity index (χ3v) is 7.03. The molecule has 1 aromatic carbocycles. The van der Waals surface area contributed by atoms with E-state index in [1.54, 1.807) is 12.1 Å². The van der Waals surface area contributed by atoms with Crippen LogP contribution < -0.4 is 10.0 Å². The van der Waals surface area contributed by atoms with Crippen LogP contribution in [0.1, 0.15) is 51.9 Å². The van der Waals surface area contributed by atoms with Crippen LogP contribution >= 0.6 is 0 Å². The van der Waals surface area contributed by atoms with Crippen LogP contribution in [0, 0.1) is 5.92 Å². The fraction of sp³-hybridized carbons (Fsp3) is 0.600. The normalized spacial score (nSPS) is 20.7. The molecule has 1 atom stereocenters. The molecule has 0 bridgehead atoms. The van der Waals surface area contributed by atoms with Gasteiger partial charge in [-0.3, -0.25) is 9.59 Å². The number of rotatable bonds is 8. The van der Waals surface area contributed by atoms with Crippen molar-refractivity contribution in [3.8, 4) is 0 Å². The lowest BCUT2D eigenvalue weighted by Crippen LogP contribution is -2.35. The van der Waals surface area contributed by atoms with E-state index in [4.69, 9.17) is 0 Å². The van der Waals surface area contributed by atoms with Gasteiger partial charge in [0.2, 0.25) is 21.8 Å². The number of likely N-dealkylation sites (tertiary alicyclic amines) is 1. The quantitative estimate of drug-likeness (QED) is 0.647. The van der Waals surface area contributed by atoms with Crippen LogP contribution in [0.5, 0.6) is 0 Å². The topological polar surface area (TPSA) is 95.6 Å². The molecule has 1 saturated heterocycles. The number of sulfonamides is 1. The summed E-state index contributed by atoms with van der Waals surface area (Å²) < 4.78 is 27.0. The maximum absolute atomic E-state index is 12.6. The zero-order valence-electron chi connectivity index (χ0n) is 16.3. The number of carbonyl (C=O) groups is 2. The van der Waals surface area contributed by atoms with Crippen LogP contribution in [0.3, 0.4) is 0 Å². The van der Waals surface area contributed by atoms with Gasteiger partial charge >= 0.3 is 0 Å². The number of nitrogens with zero attached hydrogens (tertiary/aromatic N) is 1. The maximum Gasteiger partial charge on any atom is 0.240 e. The van der Waals surface area contributed by atoms with Crippen LogP contribution in [0.25, 0.3) is 0 Å². The first-order chi connectivity index (χ1) is 13.4. The first kappa shape index (κ1) is 20.8. The lowest BCUT2D eigenvalue weighted by Gasteiger charge is -2.23. The molecule has 28 heavy (non-hydrogen) atoms. The van der Waals surface area contributed by atoms with Gasteiger partial charge in [0.25, 0.3) is 0 Å². The van der Waals surface area contributed by atoms with E-state index in [2.05, 4.69) is 10.0 Å². The van der Waals surface area contributed by atoms with Crippen molar-refractivity contribution in [2.24, 2.45) is 5.92 Å². The summed E-state index contributed by atoms with van der Waals surface area (Å²) in [5.41, 5.74) is 0.532. The summed E-state index contributed by atoms with van der Waals surface area (Å²) in [5, 5.41) is 2.81. The number of hydrogen-bond donors (Lipinski definition) is 2. The number of unbranched alkanes of at least 4 members (excludes halogenated alkanes) is 1. The molecule has 0 radical (unpaired) electrons. The van der Waals surface area contributed by atoms with E-state index in [0.717, 1.165) is 38.5 Å². The van der Waals surface area contributed by atoms with E-state index in [-0.39, 0.29) is 35.1 Å². The van der Waals surface area contributed by atoms with Gasteiger partial charge in [-0.15, -0.1) is 0 Å². The summed E-state index contributed by atoms with van der Waals surface area (Å²) in [6.45, 7) is 2.88. The molecule has 0 aromatic heterocycles. The highest BCUT2D eigenvalue weighted by Crippen LogP contribution is 2.30. The van der Waals surface area contributed by atoms with Gasteiger partial charge in [0.15, 0.2) is 0 Å². The monoisotopic (exact) mass is 407 g/mol. The van der Waals surface area contributed by atoms with Crippen LogP contribution in [-0.4, -0.2) is 44.3 Å². The predicted molar refractivity (Wildman–Crippen MR) is 107 cm³/mol. The Hall–Kier alpha value is -1.93. The molecule has 1 aliphatic carbocycles. The average molecular weight is 408 g/mol. The highest BCUT2D eigenvalue weighted by Gasteiger charge is 2.38. The van der Waals surface area contributed by atoms with Crippen LogP contribution in [0.2, 0.25) is 0 Å². The summed E-state index contributed by atoms with van der Waals surface area (Å²) in [6.07, 6.45) is 6.29. The Morgan fingerprint density at radius 2 is 1.86 bits per heavy atom. The molecule has 8 heteroatoms. The van der Waals surface area contributed by atoms with Crippen molar-refractivity contribution in [2.45, 2.75) is 62.8 Å². The second-order valence-electron chi connectivity index (χ2n) is 7.65. The van der Waals surface area contributed by atoms with E-state index in [1.165, 1.54) is 12.1 Å². The fourth-order valence-corrected chi connectivity index (χ4v) is 4.98. The molecule has 1 aliphatic heterocycles. The second kappa shape index (κ2) is 9.05. The van der Waals surface area contributed by atoms with E-state index in [1.807, 2.05) is 11.8 Å². The summed E-state index contributed by atoms with van der Waals surface area (Å²) in [5.74, 6) is -0.482. The highest BCUT2D eigenvalue weighted by atomic mass is 32.2. The Morgan fingerprint density at radius 3 is 2.50 bits per heavy atom. The van der Waals surface area contributed by atoms with E-state index in [0.29, 0.717) is 18.8 Å². The van der Waals surface area contributed by atoms with E-state index in [9.17, 15) is 18.0 Å². The summed E-state index contributed by atoms with van der Waals surface area (Å²) >= 11 is 0. The SMILES string of the molecule is CCCCNS(=O)(=O)c1ccc(NC(=O)C2CC(=O)N(C3CCCC3)C2)cc1. The van der Waals surface area contributed by atoms with Gasteiger partial charge in [0.05, 0.1) is 10.8 Å². The molecule has 1 heterocycles. The number of nitrogens with one attached hydrogen (secondary N) is 2. The fourth-order valence-electron chi connectivity index (χ4n) is 3.90. The smallest absolute Gasteiger partial charge is 0.240 e. The molecule has 3 rings (SSSR count). The molecule has 0 spiro atoms. The second-order valence-corrected chi connectivity index (χ2v) is 9.42. The number of hydrogen-bond acceptors (Lipinski definition) is 4. The van der Waals surface area contributed by atoms with Crippen LogP contribution in [-0.2, 0) is 19.6 Å². The molecule has 2 fully saturated rings. The van der Waals surface area contributed by atoms with Crippen LogP contribution in [0.4, 0.5) is 5.69 Å². The third kappa shape index (κ3) is 4.91. The molecule has 1 aromatic rings. The molecule has 2 aliphatic rings. The van der Waals surface area contributed by atoms with Gasteiger partial charge < -0.3 is 10.2 Å². The highest BCUT2D eigenvalue weighted by molar-refractivity contribution is 7.89. The minimum absolute atomic E-state index is 0.0617. The third-order valence-electron chi connectivity index (χ3n) is 5.55. The Labute approximate surface area is 166 Å². The molecule has 154 valence electrons. The van der Waals surface area contributed by atoms with Crippen molar-refractivity contribution in [3.05, 3.63) is 24.3 Å². The Morgan fingerprint density at radius 1 is 1.18 bits per heavy atom. The lowest BCUT2D eigenvalue weighted by atomic mass is 10.1. The van der Waals surface area contributed by atoms with Crippen LogP contribution in [0.15, 0.2) is 29.2 Å². The van der Waals surface area contributed by atoms with Crippen molar-refractivity contribution >= 4 is 27.5 Å². The van der Waals surface area contributed by atoms with Gasteiger partial charge in [-0.1, -0.05) is 26.2 Å². The number of anilines is 1. The van der Waals surface area contributed by atoms with E-state index >= 15 is 0 Å². The predicted octanol–water partition coefficient (Wildman–Crippen LogP) is 2.49. The van der Waals surface area contributed by atoms with Crippen molar-refractivity contribution in [3.63, 3.8) is 0 Å². The summed E-state index contributed by atoms with van der Waals surface area (Å²) in [4.78, 5) is 26.9. The molecule has 1 saturated carbocycles. The molecular weight excluding hydrogens is 378 g/mol. The number of amides is 2. The summed E-state index contributed by atoms with van der Waals surface area (Å²) in [6, 6.07) is 6.41. The van der Waals surface area contributed by atoms with Crippen molar-refractivity contribution in [2.75, 3.05) is 18.4 Å². The minimum Gasteiger partial charge on any atom is -0.339 e. The van der Waals surface area contributed by atoms with Gasteiger partial charge in [0.1, 0.15) is 0 Å². The minimum atomic E-state index is -3.53. The standard InChI is InChI=1S/C20H29N3O4S/c1-2-3-12-21-28(26,27)18-10-8-16(9-11-18)22-20(25)15-13-19(24)23(14-15)17-6-4-5-7-17/h8-11,15,17,21H,2-7,12-14H2,1H3,(H,22,25). The lowest BCUT2D eigenvalue weighted by molar-refractivity contribution is -0.129. The molecule has 2 N–H and O–H groups in total. The zero-order valence-corrected chi connectivity index (χ0v) is 17.1. The van der Waals surface area contributed by atoms with Gasteiger partial charge in [-0.2, -0.15) is 0 Å². The Kier molecular flexibility index (Phi) is 6.72. The molecule has 7 nitrogen and oxygen atoms in total. The largest absolute Gasteiger partial charge is 0.339 e. The summed E-state index contributed by atoms with van der Waals surface area (Å²) in [7, 11) is -3.53. The Bertz CT molecular complexity index is 801. The first-order valence-electron chi connectivity index (χ1n) is 10.1. The average Bonchev–Trinajstić information content (AvgIpc) is 3.31. The zero-order chi connectivity index (χ0) is 20.1. The molecule has 1 unspecified atom stereocenters. The number of benzene rings is 1. The van der Waals surface area contributed by atoms with Gasteiger partial charge in [-0.05, 0) is 43.5 Å².